The number of aromatic nitrogens is 6. The molecule has 1 atom stereocenters. The van der Waals surface area contributed by atoms with Crippen LogP contribution in [0.2, 0.25) is 0 Å². The van der Waals surface area contributed by atoms with Gasteiger partial charge in [0.25, 0.3) is 0 Å². The molecule has 8 heteroatoms. The van der Waals surface area contributed by atoms with E-state index >= 15 is 0 Å². The molecule has 0 radical (unpaired) electrons. The summed E-state index contributed by atoms with van der Waals surface area (Å²) in [5.41, 5.74) is 0. The van der Waals surface area contributed by atoms with E-state index in [1.807, 2.05) is 23.2 Å². The van der Waals surface area contributed by atoms with Crippen LogP contribution in [0.15, 0.2) is 12.7 Å². The molecule has 0 bridgehead atoms. The monoisotopic (exact) mass is 291 g/mol. The number of carbonyl (C=O) groups is 1. The van der Waals surface area contributed by atoms with Crippen molar-refractivity contribution in [2.24, 2.45) is 7.05 Å². The Morgan fingerprint density at radius 2 is 2.29 bits per heavy atom. The zero-order chi connectivity index (χ0) is 15.2. The second-order valence-corrected chi connectivity index (χ2v) is 4.99. The minimum atomic E-state index is -0.161. The smallest absolute Gasteiger partial charge is 0.221 e. The van der Waals surface area contributed by atoms with Gasteiger partial charge in [0.05, 0.1) is 6.04 Å². The largest absolute Gasteiger partial charge is 0.346 e. The Bertz CT molecular complexity index is 589. The van der Waals surface area contributed by atoms with Crippen LogP contribution in [0.5, 0.6) is 0 Å². The van der Waals surface area contributed by atoms with Gasteiger partial charge in [0, 0.05) is 26.4 Å². The van der Waals surface area contributed by atoms with Crippen LogP contribution in [0.25, 0.3) is 0 Å². The van der Waals surface area contributed by atoms with Crippen LogP contribution in [0.4, 0.5) is 0 Å². The molecule has 21 heavy (non-hydrogen) atoms. The van der Waals surface area contributed by atoms with E-state index in [2.05, 4.69) is 32.5 Å². The summed E-state index contributed by atoms with van der Waals surface area (Å²) in [7, 11) is 1.86. The van der Waals surface area contributed by atoms with E-state index in [9.17, 15) is 4.79 Å². The van der Waals surface area contributed by atoms with Crippen molar-refractivity contribution in [3.63, 3.8) is 0 Å². The number of hydrogen-bond acceptors (Lipinski definition) is 5. The number of carbonyl (C=O) groups excluding carboxylic acids is 1. The fourth-order valence-corrected chi connectivity index (χ4v) is 2.13. The fourth-order valence-electron chi connectivity index (χ4n) is 2.13. The van der Waals surface area contributed by atoms with Crippen molar-refractivity contribution in [2.75, 3.05) is 0 Å². The van der Waals surface area contributed by atoms with Crippen molar-refractivity contribution in [1.29, 1.82) is 0 Å². The van der Waals surface area contributed by atoms with Crippen molar-refractivity contribution in [1.82, 2.24) is 34.8 Å². The van der Waals surface area contributed by atoms with E-state index in [0.29, 0.717) is 12.8 Å². The highest BCUT2D eigenvalue weighted by atomic mass is 16.1. The number of rotatable bonds is 7. The third-order valence-corrected chi connectivity index (χ3v) is 3.23. The summed E-state index contributed by atoms with van der Waals surface area (Å²) in [6.45, 7) is 4.79. The lowest BCUT2D eigenvalue weighted by Gasteiger charge is -2.14. The van der Waals surface area contributed by atoms with E-state index in [4.69, 9.17) is 0 Å². The Balaban J connectivity index is 1.87. The quantitative estimate of drug-likeness (QED) is 0.808. The second-order valence-electron chi connectivity index (χ2n) is 4.99. The van der Waals surface area contributed by atoms with Crippen molar-refractivity contribution < 1.29 is 4.79 Å². The van der Waals surface area contributed by atoms with E-state index < -0.39 is 0 Å². The highest BCUT2D eigenvalue weighted by Crippen LogP contribution is 2.09. The van der Waals surface area contributed by atoms with Gasteiger partial charge in [0.2, 0.25) is 5.91 Å². The Kier molecular flexibility index (Phi) is 5.02. The summed E-state index contributed by atoms with van der Waals surface area (Å²) in [5, 5.41) is 14.9. The Labute approximate surface area is 123 Å². The Morgan fingerprint density at radius 1 is 1.48 bits per heavy atom. The molecular weight excluding hydrogens is 270 g/mol. The van der Waals surface area contributed by atoms with E-state index in [0.717, 1.165) is 24.6 Å². The molecule has 1 amide bonds. The minimum absolute atomic E-state index is 0.0310. The zero-order valence-electron chi connectivity index (χ0n) is 12.7. The number of nitrogens with zero attached hydrogens (tertiary/aromatic N) is 6. The predicted molar refractivity (Wildman–Crippen MR) is 76.2 cm³/mol. The molecule has 114 valence electrons. The molecule has 0 aliphatic heterocycles. The van der Waals surface area contributed by atoms with Gasteiger partial charge in [-0.3, -0.25) is 4.79 Å². The first-order valence-electron chi connectivity index (χ1n) is 7.11. The molecule has 2 aromatic heterocycles. The van der Waals surface area contributed by atoms with Crippen LogP contribution in [0.3, 0.4) is 0 Å². The third kappa shape index (κ3) is 3.87. The maximum Gasteiger partial charge on any atom is 0.221 e. The molecule has 0 spiro atoms. The maximum absolute atomic E-state index is 12.0. The Morgan fingerprint density at radius 3 is 2.95 bits per heavy atom. The average molecular weight is 291 g/mol. The second kappa shape index (κ2) is 6.96. The lowest BCUT2D eigenvalue weighted by Crippen LogP contribution is -2.29. The van der Waals surface area contributed by atoms with Gasteiger partial charge in [-0.15, -0.1) is 10.2 Å². The molecular formula is C13H21N7O. The minimum Gasteiger partial charge on any atom is -0.346 e. The van der Waals surface area contributed by atoms with E-state index in [1.165, 1.54) is 6.33 Å². The highest BCUT2D eigenvalue weighted by Gasteiger charge is 2.15. The number of nitrogens with one attached hydrogen (secondary N) is 1. The van der Waals surface area contributed by atoms with Gasteiger partial charge in [0.1, 0.15) is 24.3 Å². The normalized spacial score (nSPS) is 12.3. The molecule has 0 aliphatic rings. The number of amides is 1. The van der Waals surface area contributed by atoms with Crippen LogP contribution < -0.4 is 5.32 Å². The van der Waals surface area contributed by atoms with E-state index in [-0.39, 0.29) is 11.9 Å². The van der Waals surface area contributed by atoms with Crippen molar-refractivity contribution >= 4 is 5.91 Å². The fraction of sp³-hybridized carbons (Fsp3) is 0.615. The number of hydrogen-bond donors (Lipinski definition) is 1. The van der Waals surface area contributed by atoms with Crippen molar-refractivity contribution in [3.05, 3.63) is 24.3 Å². The van der Waals surface area contributed by atoms with Gasteiger partial charge < -0.3 is 9.88 Å². The summed E-state index contributed by atoms with van der Waals surface area (Å²) in [6, 6.07) is -0.161. The average Bonchev–Trinajstić information content (AvgIpc) is 3.06. The van der Waals surface area contributed by atoms with Gasteiger partial charge in [-0.05, 0) is 13.3 Å². The lowest BCUT2D eigenvalue weighted by molar-refractivity contribution is -0.121. The van der Waals surface area contributed by atoms with Crippen LogP contribution in [0, 0.1) is 0 Å². The maximum atomic E-state index is 12.0. The first-order valence-corrected chi connectivity index (χ1v) is 7.11. The standard InChI is InChI=1S/C13H21N7O/c1-4-7-20-13(14-8-16-20)10(2)17-12(21)6-5-11-18-15-9-19(11)3/h8-10H,4-7H2,1-3H3,(H,17,21)/t10-/m1/s1. The first-order chi connectivity index (χ1) is 10.1. The van der Waals surface area contributed by atoms with Crippen LogP contribution in [-0.2, 0) is 24.8 Å². The summed E-state index contributed by atoms with van der Waals surface area (Å²) < 4.78 is 3.64. The van der Waals surface area contributed by atoms with E-state index in [1.54, 1.807) is 6.33 Å². The predicted octanol–water partition coefficient (Wildman–Crippen LogP) is 0.627. The molecule has 2 rings (SSSR count). The van der Waals surface area contributed by atoms with Crippen molar-refractivity contribution in [2.45, 2.75) is 45.7 Å². The molecule has 0 fully saturated rings. The zero-order valence-corrected chi connectivity index (χ0v) is 12.7. The molecule has 1 N–H and O–H groups in total. The molecule has 8 nitrogen and oxygen atoms in total. The molecule has 2 aromatic rings. The SMILES string of the molecule is CCCn1ncnc1[C@@H](C)NC(=O)CCc1nncn1C. The van der Waals surface area contributed by atoms with Gasteiger partial charge in [-0.2, -0.15) is 5.10 Å². The van der Waals surface area contributed by atoms with Gasteiger partial charge >= 0.3 is 0 Å². The topological polar surface area (TPSA) is 90.5 Å². The summed E-state index contributed by atoms with van der Waals surface area (Å²) in [5.74, 6) is 1.55. The third-order valence-electron chi connectivity index (χ3n) is 3.23. The highest BCUT2D eigenvalue weighted by molar-refractivity contribution is 5.76. The summed E-state index contributed by atoms with van der Waals surface area (Å²) in [6.07, 6.45) is 5.06. The molecule has 0 unspecified atom stereocenters. The summed E-state index contributed by atoms with van der Waals surface area (Å²) >= 11 is 0. The van der Waals surface area contributed by atoms with Crippen LogP contribution >= 0.6 is 0 Å². The van der Waals surface area contributed by atoms with Crippen molar-refractivity contribution in [3.8, 4) is 0 Å². The Hall–Kier alpha value is -2.25. The molecule has 0 aromatic carbocycles. The van der Waals surface area contributed by atoms with Gasteiger partial charge in [0.15, 0.2) is 0 Å². The molecule has 0 saturated heterocycles. The lowest BCUT2D eigenvalue weighted by atomic mass is 10.2. The molecule has 2 heterocycles. The number of aryl methyl sites for hydroxylation is 3. The van der Waals surface area contributed by atoms with Crippen LogP contribution in [0.1, 0.15) is 44.4 Å². The molecule has 0 saturated carbocycles. The molecule has 0 aliphatic carbocycles. The van der Waals surface area contributed by atoms with Crippen LogP contribution in [-0.4, -0.2) is 35.4 Å². The van der Waals surface area contributed by atoms with Gasteiger partial charge in [-0.1, -0.05) is 6.92 Å². The van der Waals surface area contributed by atoms with Gasteiger partial charge in [-0.25, -0.2) is 9.67 Å². The first kappa shape index (κ1) is 15.1. The summed E-state index contributed by atoms with van der Waals surface area (Å²) in [4.78, 5) is 16.2.